The molecule has 1 aromatic carbocycles. The molecular weight excluding hydrogens is 192 g/mol. The first-order valence-electron chi connectivity index (χ1n) is 3.95. The van der Waals surface area contributed by atoms with Crippen molar-refractivity contribution in [3.8, 4) is 0 Å². The van der Waals surface area contributed by atoms with Crippen molar-refractivity contribution in [3.63, 3.8) is 0 Å². The Morgan fingerprint density at radius 2 is 2.00 bits per heavy atom. The van der Waals surface area contributed by atoms with E-state index in [1.165, 1.54) is 11.8 Å². The minimum atomic E-state index is -2.22. The van der Waals surface area contributed by atoms with E-state index in [2.05, 4.69) is 0 Å². The van der Waals surface area contributed by atoms with Crippen LogP contribution in [0, 0.1) is 0 Å². The number of halogens is 2. The van der Waals surface area contributed by atoms with Gasteiger partial charge in [-0.2, -0.15) is 0 Å². The summed E-state index contributed by atoms with van der Waals surface area (Å²) in [4.78, 5) is 0.878. The van der Waals surface area contributed by atoms with Gasteiger partial charge in [-0.15, -0.1) is 11.8 Å². The Labute approximate surface area is 80.3 Å². The van der Waals surface area contributed by atoms with Crippen LogP contribution >= 0.6 is 11.8 Å². The highest BCUT2D eigenvalue weighted by molar-refractivity contribution is 7.99. The highest BCUT2D eigenvalue weighted by atomic mass is 32.2. The van der Waals surface area contributed by atoms with Crippen molar-refractivity contribution < 1.29 is 8.78 Å². The van der Waals surface area contributed by atoms with Gasteiger partial charge in [-0.1, -0.05) is 12.1 Å². The first-order chi connectivity index (χ1) is 6.20. The molecule has 0 spiro atoms. The molecule has 0 saturated carbocycles. The van der Waals surface area contributed by atoms with Gasteiger partial charge in [-0.3, -0.25) is 0 Å². The number of para-hydroxylation sites is 1. The minimum absolute atomic E-state index is 0.0843. The number of hydrogen-bond acceptors (Lipinski definition) is 2. The average molecular weight is 203 g/mol. The van der Waals surface area contributed by atoms with Gasteiger partial charge in [0.05, 0.1) is 0 Å². The normalized spacial score (nSPS) is 10.7. The van der Waals surface area contributed by atoms with E-state index in [0.717, 1.165) is 4.90 Å². The standard InChI is InChI=1S/C9H11F2NS/c10-9(11)5-6-13-8-4-2-1-3-7(8)12/h1-4,9H,5-6,12H2. The van der Waals surface area contributed by atoms with Gasteiger partial charge >= 0.3 is 0 Å². The fourth-order valence-electron chi connectivity index (χ4n) is 0.870. The Bertz CT molecular complexity index is 266. The molecule has 0 aliphatic carbocycles. The van der Waals surface area contributed by atoms with E-state index in [0.29, 0.717) is 11.4 Å². The van der Waals surface area contributed by atoms with Gasteiger partial charge in [-0.05, 0) is 12.1 Å². The largest absolute Gasteiger partial charge is 0.398 e. The number of benzene rings is 1. The Morgan fingerprint density at radius 3 is 2.62 bits per heavy atom. The molecular formula is C9H11F2NS. The number of anilines is 1. The first-order valence-corrected chi connectivity index (χ1v) is 4.94. The minimum Gasteiger partial charge on any atom is -0.398 e. The Hall–Kier alpha value is -0.770. The third-order valence-electron chi connectivity index (χ3n) is 1.51. The molecule has 72 valence electrons. The molecule has 1 nitrogen and oxygen atoms in total. The smallest absolute Gasteiger partial charge is 0.239 e. The van der Waals surface area contributed by atoms with Crippen molar-refractivity contribution in [3.05, 3.63) is 24.3 Å². The molecule has 0 aliphatic heterocycles. The van der Waals surface area contributed by atoms with Gasteiger partial charge in [0.15, 0.2) is 0 Å². The highest BCUT2D eigenvalue weighted by Gasteiger charge is 2.03. The summed E-state index contributed by atoms with van der Waals surface area (Å²) in [5, 5.41) is 0. The van der Waals surface area contributed by atoms with Crippen molar-refractivity contribution >= 4 is 17.4 Å². The number of nitrogens with two attached hydrogens (primary N) is 1. The van der Waals surface area contributed by atoms with Crippen LogP contribution in [0.15, 0.2) is 29.2 Å². The number of thioether (sulfide) groups is 1. The lowest BCUT2D eigenvalue weighted by Crippen LogP contribution is -1.93. The van der Waals surface area contributed by atoms with Crippen LogP contribution in [-0.2, 0) is 0 Å². The lowest BCUT2D eigenvalue weighted by atomic mass is 10.3. The zero-order valence-electron chi connectivity index (χ0n) is 7.04. The third kappa shape index (κ3) is 3.63. The van der Waals surface area contributed by atoms with Crippen molar-refractivity contribution in [2.24, 2.45) is 0 Å². The summed E-state index contributed by atoms with van der Waals surface area (Å²) in [5.41, 5.74) is 6.28. The molecule has 0 atom stereocenters. The van der Waals surface area contributed by atoms with E-state index in [-0.39, 0.29) is 6.42 Å². The fourth-order valence-corrected chi connectivity index (χ4v) is 1.80. The molecule has 0 amide bonds. The van der Waals surface area contributed by atoms with Crippen LogP contribution in [0.25, 0.3) is 0 Å². The van der Waals surface area contributed by atoms with Gasteiger partial charge in [-0.25, -0.2) is 8.78 Å². The quantitative estimate of drug-likeness (QED) is 0.601. The van der Waals surface area contributed by atoms with Gasteiger partial charge in [0, 0.05) is 22.8 Å². The lowest BCUT2D eigenvalue weighted by molar-refractivity contribution is 0.145. The molecule has 13 heavy (non-hydrogen) atoms. The molecule has 0 saturated heterocycles. The third-order valence-corrected chi connectivity index (χ3v) is 2.64. The van der Waals surface area contributed by atoms with Crippen LogP contribution < -0.4 is 5.73 Å². The number of hydrogen-bond donors (Lipinski definition) is 1. The molecule has 1 rings (SSSR count). The van der Waals surface area contributed by atoms with Crippen LogP contribution in [-0.4, -0.2) is 12.2 Å². The van der Waals surface area contributed by atoms with Crippen LogP contribution in [0.4, 0.5) is 14.5 Å². The average Bonchev–Trinajstić information content (AvgIpc) is 2.08. The second-order valence-electron chi connectivity index (χ2n) is 2.57. The molecule has 0 unspecified atom stereocenters. The van der Waals surface area contributed by atoms with E-state index in [4.69, 9.17) is 5.73 Å². The summed E-state index contributed by atoms with van der Waals surface area (Å²) < 4.78 is 23.6. The topological polar surface area (TPSA) is 26.0 Å². The zero-order chi connectivity index (χ0) is 9.68. The van der Waals surface area contributed by atoms with Crippen LogP contribution in [0.3, 0.4) is 0 Å². The Morgan fingerprint density at radius 1 is 1.31 bits per heavy atom. The highest BCUT2D eigenvalue weighted by Crippen LogP contribution is 2.25. The van der Waals surface area contributed by atoms with Gasteiger partial charge < -0.3 is 5.73 Å². The monoisotopic (exact) mass is 203 g/mol. The summed E-state index contributed by atoms with van der Waals surface area (Å²) in [7, 11) is 0. The van der Waals surface area contributed by atoms with E-state index in [1.807, 2.05) is 18.2 Å². The Kier molecular flexibility index (Phi) is 4.02. The maximum atomic E-state index is 11.8. The summed E-state index contributed by atoms with van der Waals surface area (Å²) in [6.07, 6.45) is -2.31. The van der Waals surface area contributed by atoms with Crippen LogP contribution in [0.1, 0.15) is 6.42 Å². The predicted octanol–water partition coefficient (Wildman–Crippen LogP) is 3.02. The SMILES string of the molecule is Nc1ccccc1SCCC(F)F. The summed E-state index contributed by atoms with van der Waals surface area (Å²) in [6, 6.07) is 7.28. The molecule has 1 aromatic rings. The van der Waals surface area contributed by atoms with E-state index in [1.54, 1.807) is 6.07 Å². The summed E-state index contributed by atoms with van der Waals surface area (Å²) in [6.45, 7) is 0. The fraction of sp³-hybridized carbons (Fsp3) is 0.333. The van der Waals surface area contributed by atoms with Crippen LogP contribution in [0.5, 0.6) is 0 Å². The molecule has 0 aliphatic rings. The second kappa shape index (κ2) is 5.07. The molecule has 0 bridgehead atoms. The zero-order valence-corrected chi connectivity index (χ0v) is 7.86. The van der Waals surface area contributed by atoms with E-state index < -0.39 is 6.43 Å². The van der Waals surface area contributed by atoms with E-state index in [9.17, 15) is 8.78 Å². The van der Waals surface area contributed by atoms with E-state index >= 15 is 0 Å². The van der Waals surface area contributed by atoms with Gasteiger partial charge in [0.2, 0.25) is 6.43 Å². The van der Waals surface area contributed by atoms with Crippen molar-refractivity contribution in [2.45, 2.75) is 17.7 Å². The van der Waals surface area contributed by atoms with Crippen LogP contribution in [0.2, 0.25) is 0 Å². The van der Waals surface area contributed by atoms with Crippen molar-refractivity contribution in [1.82, 2.24) is 0 Å². The molecule has 0 radical (unpaired) electrons. The lowest BCUT2D eigenvalue weighted by Gasteiger charge is -2.03. The molecule has 0 fully saturated rings. The molecule has 2 N–H and O–H groups in total. The van der Waals surface area contributed by atoms with Crippen molar-refractivity contribution in [2.75, 3.05) is 11.5 Å². The van der Waals surface area contributed by atoms with Crippen molar-refractivity contribution in [1.29, 1.82) is 0 Å². The molecule has 0 heterocycles. The number of rotatable bonds is 4. The summed E-state index contributed by atoms with van der Waals surface area (Å²) in [5.74, 6) is 0.409. The molecule has 0 aromatic heterocycles. The van der Waals surface area contributed by atoms with Gasteiger partial charge in [0.1, 0.15) is 0 Å². The summed E-state index contributed by atoms with van der Waals surface area (Å²) >= 11 is 1.37. The maximum absolute atomic E-state index is 11.8. The first kappa shape index (κ1) is 10.3. The predicted molar refractivity (Wildman–Crippen MR) is 52.2 cm³/mol. The van der Waals surface area contributed by atoms with Gasteiger partial charge in [0.25, 0.3) is 0 Å². The number of alkyl halides is 2. The molecule has 4 heteroatoms. The second-order valence-corrected chi connectivity index (χ2v) is 3.70. The maximum Gasteiger partial charge on any atom is 0.239 e. The number of nitrogen functional groups attached to an aromatic ring is 1. The Balaban J connectivity index is 2.41.